The second-order valence-corrected chi connectivity index (χ2v) is 8.00. The molecular weight excluding hydrogens is 380 g/mol. The highest BCUT2D eigenvalue weighted by Crippen LogP contribution is 2.33. The quantitative estimate of drug-likeness (QED) is 0.311. The summed E-state index contributed by atoms with van der Waals surface area (Å²) in [7, 11) is 0. The molecule has 3 aromatic rings. The molecule has 0 aromatic heterocycles. The van der Waals surface area contributed by atoms with Crippen LogP contribution in [0.15, 0.2) is 95.9 Å². The molecule has 5 heteroatoms. The van der Waals surface area contributed by atoms with Crippen LogP contribution in [0.5, 0.6) is 0 Å². The molecule has 1 heterocycles. The Labute approximate surface area is 175 Å². The van der Waals surface area contributed by atoms with Gasteiger partial charge in [-0.2, -0.15) is 0 Å². The maximum absolute atomic E-state index is 13.2. The summed E-state index contributed by atoms with van der Waals surface area (Å²) in [6.45, 7) is 0. The van der Waals surface area contributed by atoms with Crippen LogP contribution in [0.25, 0.3) is 0 Å². The molecule has 0 radical (unpaired) electrons. The Kier molecular flexibility index (Phi) is 5.96. The summed E-state index contributed by atoms with van der Waals surface area (Å²) >= 11 is 1.75. The van der Waals surface area contributed by atoms with Crippen molar-refractivity contribution in [3.8, 4) is 0 Å². The summed E-state index contributed by atoms with van der Waals surface area (Å²) in [5.41, 5.74) is 1.41. The zero-order chi connectivity index (χ0) is 20.1. The van der Waals surface area contributed by atoms with Gasteiger partial charge in [0, 0.05) is 4.90 Å². The molecule has 0 bridgehead atoms. The van der Waals surface area contributed by atoms with Gasteiger partial charge >= 0.3 is 0 Å². The average molecular weight is 403 g/mol. The molecule has 0 saturated carbocycles. The van der Waals surface area contributed by atoms with Gasteiger partial charge in [-0.05, 0) is 55.0 Å². The summed E-state index contributed by atoms with van der Waals surface area (Å²) in [6.07, 6.45) is 1.34. The van der Waals surface area contributed by atoms with Crippen LogP contribution in [0, 0.1) is 5.92 Å². The van der Waals surface area contributed by atoms with Crippen LogP contribution in [0.4, 0.5) is 11.4 Å². The van der Waals surface area contributed by atoms with Gasteiger partial charge in [-0.15, -0.1) is 11.8 Å². The van der Waals surface area contributed by atoms with E-state index in [1.165, 1.54) is 14.9 Å². The first-order valence-corrected chi connectivity index (χ1v) is 10.7. The van der Waals surface area contributed by atoms with E-state index in [9.17, 15) is 9.59 Å². The smallest absolute Gasteiger partial charge is 0.258 e. The number of nitrogens with zero attached hydrogens (tertiary/aromatic N) is 2. The van der Waals surface area contributed by atoms with Crippen molar-refractivity contribution in [2.75, 3.05) is 15.8 Å². The summed E-state index contributed by atoms with van der Waals surface area (Å²) in [5.74, 6) is -0.0890. The predicted octanol–water partition coefficient (Wildman–Crippen LogP) is 5.17. The molecule has 0 spiro atoms. The molecule has 0 unspecified atom stereocenters. The molecule has 2 amide bonds. The first-order chi connectivity index (χ1) is 14.3. The number of thioether (sulfide) groups is 1. The number of carbonyl (C=O) groups excluding carboxylic acids is 2. The van der Waals surface area contributed by atoms with E-state index in [1.807, 2.05) is 78.9 Å². The number of hydrazine groups is 1. The molecule has 3 aromatic carbocycles. The van der Waals surface area contributed by atoms with Gasteiger partial charge in [0.15, 0.2) is 0 Å². The molecule has 1 saturated heterocycles. The molecule has 0 aliphatic carbocycles. The molecule has 4 nitrogen and oxygen atoms in total. The molecule has 1 fully saturated rings. The van der Waals surface area contributed by atoms with E-state index in [-0.39, 0.29) is 11.8 Å². The Morgan fingerprint density at radius 3 is 1.59 bits per heavy atom. The molecule has 1 aliphatic rings. The minimum atomic E-state index is -0.646. The number of carbonyl (C=O) groups is 2. The van der Waals surface area contributed by atoms with Crippen LogP contribution in [0.1, 0.15) is 12.8 Å². The van der Waals surface area contributed by atoms with Crippen LogP contribution < -0.4 is 10.0 Å². The van der Waals surface area contributed by atoms with Crippen molar-refractivity contribution in [2.24, 2.45) is 5.92 Å². The van der Waals surface area contributed by atoms with Crippen molar-refractivity contribution in [1.29, 1.82) is 0 Å². The Morgan fingerprint density at radius 1 is 0.655 bits per heavy atom. The summed E-state index contributed by atoms with van der Waals surface area (Å²) < 4.78 is 0. The van der Waals surface area contributed by atoms with Crippen LogP contribution in [0.2, 0.25) is 0 Å². The maximum atomic E-state index is 13.2. The Hall–Kier alpha value is -3.05. The number of hydrogen-bond donors (Lipinski definition) is 0. The number of anilines is 2. The standard InChI is InChI=1S/C24H22N2O2S/c27-23-22(17-10-18-29-21-15-8-3-9-16-21)24(28)26(20-13-6-2-7-14-20)25(23)19-11-4-1-5-12-19/h1-9,11-16,22H,10,17-18H2. The van der Waals surface area contributed by atoms with Gasteiger partial charge < -0.3 is 0 Å². The lowest BCUT2D eigenvalue weighted by molar-refractivity contribution is -0.127. The number of amides is 2. The Bertz CT molecular complexity index is 906. The van der Waals surface area contributed by atoms with Crippen LogP contribution >= 0.6 is 11.8 Å². The summed E-state index contributed by atoms with van der Waals surface area (Å²) in [5, 5.41) is 3.04. The van der Waals surface area contributed by atoms with Crippen LogP contribution in [-0.4, -0.2) is 17.6 Å². The SMILES string of the molecule is O=C1C(CCCSc2ccccc2)C(=O)N(c2ccccc2)N1c1ccccc1. The van der Waals surface area contributed by atoms with Gasteiger partial charge in [0.2, 0.25) is 0 Å². The third-order valence-corrected chi connectivity index (χ3v) is 5.96. The highest BCUT2D eigenvalue weighted by atomic mass is 32.2. The largest absolute Gasteiger partial charge is 0.272 e. The van der Waals surface area contributed by atoms with E-state index in [4.69, 9.17) is 0 Å². The van der Waals surface area contributed by atoms with Gasteiger partial charge in [-0.1, -0.05) is 54.6 Å². The third kappa shape index (κ3) is 4.20. The molecular formula is C24H22N2O2S. The van der Waals surface area contributed by atoms with E-state index in [0.717, 1.165) is 12.2 Å². The number of benzene rings is 3. The molecule has 4 rings (SSSR count). The van der Waals surface area contributed by atoms with Gasteiger partial charge in [-0.3, -0.25) is 9.59 Å². The van der Waals surface area contributed by atoms with E-state index in [2.05, 4.69) is 12.1 Å². The fraction of sp³-hybridized carbons (Fsp3) is 0.167. The third-order valence-electron chi connectivity index (χ3n) is 4.86. The maximum Gasteiger partial charge on any atom is 0.258 e. The van der Waals surface area contributed by atoms with Gasteiger partial charge in [0.1, 0.15) is 5.92 Å². The monoisotopic (exact) mass is 402 g/mol. The fourth-order valence-corrected chi connectivity index (χ4v) is 4.36. The minimum Gasteiger partial charge on any atom is -0.272 e. The lowest BCUT2D eigenvalue weighted by Crippen LogP contribution is -2.41. The van der Waals surface area contributed by atoms with Crippen molar-refractivity contribution in [2.45, 2.75) is 17.7 Å². The zero-order valence-corrected chi connectivity index (χ0v) is 16.8. The van der Waals surface area contributed by atoms with E-state index in [0.29, 0.717) is 17.8 Å². The predicted molar refractivity (Wildman–Crippen MR) is 118 cm³/mol. The Morgan fingerprint density at radius 2 is 1.10 bits per heavy atom. The highest BCUT2D eigenvalue weighted by Gasteiger charge is 2.46. The number of para-hydroxylation sites is 2. The minimum absolute atomic E-state index is 0.158. The average Bonchev–Trinajstić information content (AvgIpc) is 3.03. The van der Waals surface area contributed by atoms with Crippen molar-refractivity contribution >= 4 is 35.0 Å². The number of rotatable bonds is 7. The lowest BCUT2D eigenvalue weighted by atomic mass is 10.0. The van der Waals surface area contributed by atoms with Gasteiger partial charge in [0.25, 0.3) is 11.8 Å². The normalized spacial score (nSPS) is 14.6. The van der Waals surface area contributed by atoms with E-state index < -0.39 is 5.92 Å². The van der Waals surface area contributed by atoms with Gasteiger partial charge in [-0.25, -0.2) is 10.0 Å². The van der Waals surface area contributed by atoms with E-state index >= 15 is 0 Å². The second-order valence-electron chi connectivity index (χ2n) is 6.83. The van der Waals surface area contributed by atoms with Crippen molar-refractivity contribution in [3.63, 3.8) is 0 Å². The molecule has 146 valence electrons. The second kappa shape index (κ2) is 8.97. The Balaban J connectivity index is 1.51. The van der Waals surface area contributed by atoms with E-state index in [1.54, 1.807) is 11.8 Å². The van der Waals surface area contributed by atoms with Gasteiger partial charge in [0.05, 0.1) is 11.4 Å². The van der Waals surface area contributed by atoms with Crippen LogP contribution in [-0.2, 0) is 9.59 Å². The summed E-state index contributed by atoms with van der Waals surface area (Å²) in [6, 6.07) is 28.9. The fourth-order valence-electron chi connectivity index (χ4n) is 3.46. The highest BCUT2D eigenvalue weighted by molar-refractivity contribution is 7.99. The van der Waals surface area contributed by atoms with Crippen molar-refractivity contribution in [1.82, 2.24) is 0 Å². The first kappa shape index (κ1) is 19.3. The van der Waals surface area contributed by atoms with Crippen molar-refractivity contribution < 1.29 is 9.59 Å². The molecule has 1 aliphatic heterocycles. The number of hydrogen-bond acceptors (Lipinski definition) is 3. The molecule has 0 N–H and O–H groups in total. The lowest BCUT2D eigenvalue weighted by Gasteiger charge is -2.27. The first-order valence-electron chi connectivity index (χ1n) is 9.71. The zero-order valence-electron chi connectivity index (χ0n) is 16.0. The molecule has 0 atom stereocenters. The van der Waals surface area contributed by atoms with Crippen LogP contribution in [0.3, 0.4) is 0 Å². The van der Waals surface area contributed by atoms with Crippen molar-refractivity contribution in [3.05, 3.63) is 91.0 Å². The molecule has 29 heavy (non-hydrogen) atoms. The topological polar surface area (TPSA) is 40.6 Å². The summed E-state index contributed by atoms with van der Waals surface area (Å²) in [4.78, 5) is 27.6.